The Morgan fingerprint density at radius 2 is 2.12 bits per heavy atom. The highest BCUT2D eigenvalue weighted by Gasteiger charge is 2.31. The quantitative estimate of drug-likeness (QED) is 0.718. The van der Waals surface area contributed by atoms with Gasteiger partial charge in [-0.15, -0.1) is 0 Å². The molecule has 1 fully saturated rings. The zero-order valence-corrected chi connectivity index (χ0v) is 10.1. The maximum Gasteiger partial charge on any atom is 0.226 e. The SMILES string of the molecule is CC1CCN(C(=O)C2CC=CC2)CC1CN. The number of carbonyl (C=O) groups excluding carboxylic acids is 1. The average molecular weight is 222 g/mol. The molecular weight excluding hydrogens is 200 g/mol. The van der Waals surface area contributed by atoms with Crippen molar-refractivity contribution in [3.05, 3.63) is 12.2 Å². The van der Waals surface area contributed by atoms with Crippen molar-refractivity contribution < 1.29 is 4.79 Å². The van der Waals surface area contributed by atoms with Gasteiger partial charge in [-0.25, -0.2) is 0 Å². The Morgan fingerprint density at radius 1 is 1.44 bits per heavy atom. The van der Waals surface area contributed by atoms with Crippen LogP contribution in [0.25, 0.3) is 0 Å². The van der Waals surface area contributed by atoms with Crippen LogP contribution < -0.4 is 5.73 Å². The number of nitrogens with zero attached hydrogens (tertiary/aromatic N) is 1. The van der Waals surface area contributed by atoms with Crippen molar-refractivity contribution >= 4 is 5.91 Å². The zero-order chi connectivity index (χ0) is 11.5. The number of hydrogen-bond acceptors (Lipinski definition) is 2. The monoisotopic (exact) mass is 222 g/mol. The molecule has 0 saturated carbocycles. The highest BCUT2D eigenvalue weighted by atomic mass is 16.2. The van der Waals surface area contributed by atoms with Crippen molar-refractivity contribution in [1.82, 2.24) is 4.90 Å². The first-order chi connectivity index (χ1) is 7.72. The van der Waals surface area contributed by atoms with Gasteiger partial charge in [0.2, 0.25) is 5.91 Å². The summed E-state index contributed by atoms with van der Waals surface area (Å²) in [5, 5.41) is 0. The van der Waals surface area contributed by atoms with Gasteiger partial charge in [0.25, 0.3) is 0 Å². The van der Waals surface area contributed by atoms with Crippen LogP contribution in [-0.4, -0.2) is 30.4 Å². The fourth-order valence-corrected chi connectivity index (χ4v) is 2.73. The Labute approximate surface area is 97.7 Å². The molecule has 1 saturated heterocycles. The molecule has 16 heavy (non-hydrogen) atoms. The van der Waals surface area contributed by atoms with Crippen LogP contribution in [-0.2, 0) is 4.79 Å². The van der Waals surface area contributed by atoms with Crippen LogP contribution in [0.5, 0.6) is 0 Å². The second-order valence-electron chi connectivity index (χ2n) is 5.19. The molecule has 3 nitrogen and oxygen atoms in total. The van der Waals surface area contributed by atoms with E-state index in [0.29, 0.717) is 24.3 Å². The van der Waals surface area contributed by atoms with Gasteiger partial charge in [0.05, 0.1) is 0 Å². The Bertz CT molecular complexity index is 280. The van der Waals surface area contributed by atoms with Crippen LogP contribution in [0.3, 0.4) is 0 Å². The topological polar surface area (TPSA) is 46.3 Å². The molecule has 0 aromatic heterocycles. The van der Waals surface area contributed by atoms with E-state index in [1.165, 1.54) is 0 Å². The number of hydrogen-bond donors (Lipinski definition) is 1. The molecule has 2 N–H and O–H groups in total. The summed E-state index contributed by atoms with van der Waals surface area (Å²) in [6.45, 7) is 4.74. The van der Waals surface area contributed by atoms with Gasteiger partial charge in [0.1, 0.15) is 0 Å². The summed E-state index contributed by atoms with van der Waals surface area (Å²) in [6, 6.07) is 0. The highest BCUT2D eigenvalue weighted by Crippen LogP contribution is 2.26. The van der Waals surface area contributed by atoms with Crippen molar-refractivity contribution in [2.24, 2.45) is 23.5 Å². The predicted molar refractivity (Wildman–Crippen MR) is 64.8 cm³/mol. The number of nitrogens with two attached hydrogens (primary N) is 1. The minimum absolute atomic E-state index is 0.215. The first-order valence-electron chi connectivity index (χ1n) is 6.36. The van der Waals surface area contributed by atoms with Crippen molar-refractivity contribution in [3.8, 4) is 0 Å². The summed E-state index contributed by atoms with van der Waals surface area (Å²) in [4.78, 5) is 14.3. The lowest BCUT2D eigenvalue weighted by Crippen LogP contribution is -2.47. The molecule has 0 bridgehead atoms. The van der Waals surface area contributed by atoms with Gasteiger partial charge >= 0.3 is 0 Å². The molecule has 2 unspecified atom stereocenters. The summed E-state index contributed by atoms with van der Waals surface area (Å²) in [7, 11) is 0. The Kier molecular flexibility index (Phi) is 3.64. The number of piperidine rings is 1. The fraction of sp³-hybridized carbons (Fsp3) is 0.769. The lowest BCUT2D eigenvalue weighted by molar-refractivity contribution is -0.137. The number of likely N-dealkylation sites (tertiary alicyclic amines) is 1. The molecule has 3 heteroatoms. The molecule has 1 aliphatic carbocycles. The van der Waals surface area contributed by atoms with Crippen molar-refractivity contribution in [2.75, 3.05) is 19.6 Å². The van der Waals surface area contributed by atoms with Crippen LogP contribution in [0.15, 0.2) is 12.2 Å². The van der Waals surface area contributed by atoms with E-state index < -0.39 is 0 Å². The number of amides is 1. The van der Waals surface area contributed by atoms with E-state index in [0.717, 1.165) is 32.4 Å². The third kappa shape index (κ3) is 2.29. The molecule has 0 aromatic rings. The van der Waals surface area contributed by atoms with Crippen molar-refractivity contribution in [3.63, 3.8) is 0 Å². The summed E-state index contributed by atoms with van der Waals surface area (Å²) < 4.78 is 0. The van der Waals surface area contributed by atoms with Crippen LogP contribution in [0.4, 0.5) is 0 Å². The van der Waals surface area contributed by atoms with E-state index in [-0.39, 0.29) is 5.92 Å². The smallest absolute Gasteiger partial charge is 0.226 e. The molecule has 0 spiro atoms. The van der Waals surface area contributed by atoms with E-state index in [9.17, 15) is 4.79 Å². The summed E-state index contributed by atoms with van der Waals surface area (Å²) in [6.07, 6.45) is 7.20. The first kappa shape index (κ1) is 11.6. The van der Waals surface area contributed by atoms with Gasteiger partial charge in [-0.05, 0) is 37.6 Å². The lowest BCUT2D eigenvalue weighted by atomic mass is 9.86. The summed E-state index contributed by atoms with van der Waals surface area (Å²) in [5.74, 6) is 1.71. The summed E-state index contributed by atoms with van der Waals surface area (Å²) in [5.41, 5.74) is 5.76. The Hall–Kier alpha value is -0.830. The van der Waals surface area contributed by atoms with Crippen LogP contribution in [0.2, 0.25) is 0 Å². The third-order valence-electron chi connectivity index (χ3n) is 4.09. The van der Waals surface area contributed by atoms with Crippen LogP contribution in [0, 0.1) is 17.8 Å². The van der Waals surface area contributed by atoms with E-state index in [1.807, 2.05) is 4.90 Å². The molecule has 2 rings (SSSR count). The molecule has 0 radical (unpaired) electrons. The first-order valence-corrected chi connectivity index (χ1v) is 6.36. The van der Waals surface area contributed by atoms with Gasteiger partial charge in [0.15, 0.2) is 0 Å². The normalized spacial score (nSPS) is 31.0. The molecule has 2 aliphatic rings. The predicted octanol–water partition coefficient (Wildman–Crippen LogP) is 1.40. The third-order valence-corrected chi connectivity index (χ3v) is 4.09. The molecule has 2 atom stereocenters. The molecule has 1 amide bonds. The van der Waals surface area contributed by atoms with Gasteiger partial charge < -0.3 is 10.6 Å². The lowest BCUT2D eigenvalue weighted by Gasteiger charge is -2.37. The average Bonchev–Trinajstić information content (AvgIpc) is 2.82. The molecule has 90 valence electrons. The number of carbonyl (C=O) groups is 1. The highest BCUT2D eigenvalue weighted by molar-refractivity contribution is 5.79. The molecule has 1 aliphatic heterocycles. The van der Waals surface area contributed by atoms with Gasteiger partial charge in [-0.2, -0.15) is 0 Å². The van der Waals surface area contributed by atoms with Gasteiger partial charge in [-0.3, -0.25) is 4.79 Å². The van der Waals surface area contributed by atoms with Crippen molar-refractivity contribution in [1.29, 1.82) is 0 Å². The number of rotatable bonds is 2. The molecule has 1 heterocycles. The summed E-state index contributed by atoms with van der Waals surface area (Å²) >= 11 is 0. The standard InChI is InChI=1S/C13H22N2O/c1-10-6-7-15(9-12(10)8-14)13(16)11-4-2-3-5-11/h2-3,10-12H,4-9,14H2,1H3. The zero-order valence-electron chi connectivity index (χ0n) is 10.1. The molecular formula is C13H22N2O. The van der Waals surface area contributed by atoms with Crippen LogP contribution in [0.1, 0.15) is 26.2 Å². The van der Waals surface area contributed by atoms with Gasteiger partial charge in [-0.1, -0.05) is 19.1 Å². The Balaban J connectivity index is 1.92. The van der Waals surface area contributed by atoms with E-state index in [1.54, 1.807) is 0 Å². The second kappa shape index (κ2) is 5.00. The maximum absolute atomic E-state index is 12.2. The molecule has 0 aromatic carbocycles. The Morgan fingerprint density at radius 3 is 2.75 bits per heavy atom. The van der Waals surface area contributed by atoms with E-state index in [4.69, 9.17) is 5.73 Å². The van der Waals surface area contributed by atoms with Gasteiger partial charge in [0, 0.05) is 19.0 Å². The van der Waals surface area contributed by atoms with E-state index in [2.05, 4.69) is 19.1 Å². The van der Waals surface area contributed by atoms with E-state index >= 15 is 0 Å². The minimum atomic E-state index is 0.215. The van der Waals surface area contributed by atoms with Crippen molar-refractivity contribution in [2.45, 2.75) is 26.2 Å². The fourth-order valence-electron chi connectivity index (χ4n) is 2.73. The number of allylic oxidation sites excluding steroid dienone is 2. The second-order valence-corrected chi connectivity index (χ2v) is 5.19. The largest absolute Gasteiger partial charge is 0.342 e. The minimum Gasteiger partial charge on any atom is -0.342 e. The maximum atomic E-state index is 12.2. The van der Waals surface area contributed by atoms with Crippen LogP contribution >= 0.6 is 0 Å².